The number of aromatic nitrogens is 2. The molecule has 1 aromatic carbocycles. The molecule has 1 aliphatic rings. The Balaban J connectivity index is 1.71. The van der Waals surface area contributed by atoms with Crippen LogP contribution < -0.4 is 0 Å². The van der Waals surface area contributed by atoms with Gasteiger partial charge in [0.15, 0.2) is 5.82 Å². The maximum Gasteiger partial charge on any atom is 0.226 e. The fourth-order valence-electron chi connectivity index (χ4n) is 3.05. The second-order valence-corrected chi connectivity index (χ2v) is 7.63. The lowest BCUT2D eigenvalue weighted by molar-refractivity contribution is -0.105. The largest absolute Gasteiger partial charge is 0.370 e. The molecule has 2 heterocycles. The quantitative estimate of drug-likeness (QED) is 0.760. The number of unbranched alkanes of at least 4 members (excludes halogenated alkanes) is 1. The van der Waals surface area contributed by atoms with Crippen LogP contribution in [0.5, 0.6) is 0 Å². The summed E-state index contributed by atoms with van der Waals surface area (Å²) >= 11 is 6.35. The molecule has 0 N–H and O–H groups in total. The van der Waals surface area contributed by atoms with Crippen molar-refractivity contribution in [3.8, 4) is 0 Å². The first-order chi connectivity index (χ1) is 12.0. The number of ether oxygens (including phenoxy) is 1. The van der Waals surface area contributed by atoms with E-state index in [0.717, 1.165) is 48.1 Å². The van der Waals surface area contributed by atoms with Crippen molar-refractivity contribution in [1.82, 2.24) is 15.0 Å². The molecule has 2 aromatic rings. The number of rotatable bonds is 6. The predicted octanol–water partition coefficient (Wildman–Crippen LogP) is 4.42. The van der Waals surface area contributed by atoms with Gasteiger partial charge in [0.05, 0.1) is 19.3 Å². The molecule has 0 saturated carbocycles. The van der Waals surface area contributed by atoms with Crippen molar-refractivity contribution in [1.29, 1.82) is 0 Å². The third-order valence-electron chi connectivity index (χ3n) is 4.72. The van der Waals surface area contributed by atoms with E-state index in [9.17, 15) is 0 Å². The number of hydrogen-bond donors (Lipinski definition) is 0. The van der Waals surface area contributed by atoms with Crippen molar-refractivity contribution < 1.29 is 9.26 Å². The number of hydrogen-bond acceptors (Lipinski definition) is 5. The van der Waals surface area contributed by atoms with E-state index >= 15 is 0 Å². The number of halogens is 1. The number of morpholine rings is 1. The van der Waals surface area contributed by atoms with Gasteiger partial charge in [-0.05, 0) is 26.3 Å². The standard InChI is InChI=1S/C19H26ClN3O2/c1-4-5-10-18-21-17(22-25-18)12-23-11-16(24-13-19(23,2)3)14-8-6-7-9-15(14)20/h6-9,16H,4-5,10-13H2,1-3H3/t16-/m1/s1. The molecule has 0 radical (unpaired) electrons. The minimum absolute atomic E-state index is 0.0480. The summed E-state index contributed by atoms with van der Waals surface area (Å²) in [5.41, 5.74) is 0.934. The van der Waals surface area contributed by atoms with E-state index in [1.54, 1.807) is 0 Å². The first-order valence-electron chi connectivity index (χ1n) is 8.92. The van der Waals surface area contributed by atoms with Crippen LogP contribution in [0.15, 0.2) is 28.8 Å². The Kier molecular flexibility index (Phi) is 5.77. The van der Waals surface area contributed by atoms with Crippen LogP contribution in [0.1, 0.15) is 57.0 Å². The van der Waals surface area contributed by atoms with Gasteiger partial charge in [-0.25, -0.2) is 0 Å². The van der Waals surface area contributed by atoms with Gasteiger partial charge < -0.3 is 9.26 Å². The highest BCUT2D eigenvalue weighted by Crippen LogP contribution is 2.34. The van der Waals surface area contributed by atoms with Crippen molar-refractivity contribution in [2.24, 2.45) is 0 Å². The SMILES string of the molecule is CCCCc1nc(CN2C[C@H](c3ccccc3Cl)OCC2(C)C)no1. The Morgan fingerprint density at radius 2 is 2.12 bits per heavy atom. The van der Waals surface area contributed by atoms with Gasteiger partial charge in [-0.2, -0.15) is 4.98 Å². The van der Waals surface area contributed by atoms with Gasteiger partial charge >= 0.3 is 0 Å². The summed E-state index contributed by atoms with van der Waals surface area (Å²) in [6, 6.07) is 7.87. The fourth-order valence-corrected chi connectivity index (χ4v) is 3.31. The average molecular weight is 364 g/mol. The van der Waals surface area contributed by atoms with Crippen LogP contribution in [0.4, 0.5) is 0 Å². The zero-order valence-corrected chi connectivity index (χ0v) is 15.9. The molecule has 136 valence electrons. The molecule has 25 heavy (non-hydrogen) atoms. The molecule has 1 saturated heterocycles. The van der Waals surface area contributed by atoms with Crippen LogP contribution in [0.25, 0.3) is 0 Å². The Labute approximate surface area is 154 Å². The van der Waals surface area contributed by atoms with Gasteiger partial charge in [0, 0.05) is 29.1 Å². The molecule has 5 nitrogen and oxygen atoms in total. The molecule has 0 unspecified atom stereocenters. The smallest absolute Gasteiger partial charge is 0.226 e. The highest BCUT2D eigenvalue weighted by molar-refractivity contribution is 6.31. The Morgan fingerprint density at radius 1 is 1.32 bits per heavy atom. The van der Waals surface area contributed by atoms with Crippen LogP contribution in [0, 0.1) is 0 Å². The van der Waals surface area contributed by atoms with E-state index in [1.165, 1.54) is 0 Å². The van der Waals surface area contributed by atoms with Crippen molar-refractivity contribution in [2.75, 3.05) is 13.2 Å². The lowest BCUT2D eigenvalue weighted by atomic mass is 9.98. The minimum atomic E-state index is -0.0953. The topological polar surface area (TPSA) is 51.4 Å². The summed E-state index contributed by atoms with van der Waals surface area (Å²) in [5.74, 6) is 1.46. The zero-order chi connectivity index (χ0) is 17.9. The van der Waals surface area contributed by atoms with Crippen LogP contribution in [0.2, 0.25) is 5.02 Å². The van der Waals surface area contributed by atoms with Crippen LogP contribution >= 0.6 is 11.6 Å². The second kappa shape index (κ2) is 7.85. The number of aryl methyl sites for hydroxylation is 1. The zero-order valence-electron chi connectivity index (χ0n) is 15.2. The lowest BCUT2D eigenvalue weighted by Gasteiger charge is -2.45. The van der Waals surface area contributed by atoms with Gasteiger partial charge in [-0.15, -0.1) is 0 Å². The molecule has 1 fully saturated rings. The summed E-state index contributed by atoms with van der Waals surface area (Å²) in [6.45, 7) is 8.52. The van der Waals surface area contributed by atoms with Crippen LogP contribution in [-0.4, -0.2) is 33.7 Å². The molecule has 0 spiro atoms. The summed E-state index contributed by atoms with van der Waals surface area (Å²) in [7, 11) is 0. The molecular formula is C19H26ClN3O2. The first-order valence-corrected chi connectivity index (χ1v) is 9.30. The maximum absolute atomic E-state index is 6.35. The summed E-state index contributed by atoms with van der Waals surface area (Å²) < 4.78 is 11.5. The second-order valence-electron chi connectivity index (χ2n) is 7.22. The third kappa shape index (κ3) is 4.40. The highest BCUT2D eigenvalue weighted by atomic mass is 35.5. The molecule has 0 amide bonds. The normalized spacial score (nSPS) is 20.7. The van der Waals surface area contributed by atoms with Crippen LogP contribution in [0.3, 0.4) is 0 Å². The first kappa shape index (κ1) is 18.4. The molecule has 1 aromatic heterocycles. The average Bonchev–Trinajstić information content (AvgIpc) is 3.03. The highest BCUT2D eigenvalue weighted by Gasteiger charge is 2.36. The van der Waals surface area contributed by atoms with Gasteiger partial charge in [-0.1, -0.05) is 48.3 Å². The van der Waals surface area contributed by atoms with Crippen molar-refractivity contribution in [3.05, 3.63) is 46.6 Å². The molecule has 3 rings (SSSR count). The predicted molar refractivity (Wildman–Crippen MR) is 97.5 cm³/mol. The van der Waals surface area contributed by atoms with Gasteiger partial charge in [0.1, 0.15) is 0 Å². The lowest BCUT2D eigenvalue weighted by Crippen LogP contribution is -2.53. The third-order valence-corrected chi connectivity index (χ3v) is 5.06. The molecule has 6 heteroatoms. The summed E-state index contributed by atoms with van der Waals surface area (Å²) in [4.78, 5) is 6.88. The van der Waals surface area contributed by atoms with E-state index in [2.05, 4.69) is 35.8 Å². The molecule has 1 atom stereocenters. The maximum atomic E-state index is 6.35. The Morgan fingerprint density at radius 3 is 2.88 bits per heavy atom. The summed E-state index contributed by atoms with van der Waals surface area (Å²) in [6.07, 6.45) is 2.98. The van der Waals surface area contributed by atoms with E-state index in [1.807, 2.05) is 24.3 Å². The minimum Gasteiger partial charge on any atom is -0.370 e. The number of benzene rings is 1. The number of nitrogens with zero attached hydrogens (tertiary/aromatic N) is 3. The van der Waals surface area contributed by atoms with E-state index in [4.69, 9.17) is 20.9 Å². The monoisotopic (exact) mass is 363 g/mol. The molecule has 1 aliphatic heterocycles. The fraction of sp³-hybridized carbons (Fsp3) is 0.579. The van der Waals surface area contributed by atoms with Gasteiger partial charge in [0.2, 0.25) is 5.89 Å². The molecule has 0 bridgehead atoms. The van der Waals surface area contributed by atoms with E-state index < -0.39 is 0 Å². The van der Waals surface area contributed by atoms with Crippen molar-refractivity contribution in [2.45, 2.75) is 58.2 Å². The Bertz CT molecular complexity index is 701. The van der Waals surface area contributed by atoms with E-state index in [-0.39, 0.29) is 11.6 Å². The van der Waals surface area contributed by atoms with Gasteiger partial charge in [0.25, 0.3) is 0 Å². The Hall–Kier alpha value is -1.43. The molecule has 0 aliphatic carbocycles. The van der Waals surface area contributed by atoms with Crippen LogP contribution in [-0.2, 0) is 17.7 Å². The summed E-state index contributed by atoms with van der Waals surface area (Å²) in [5, 5.41) is 4.89. The van der Waals surface area contributed by atoms with E-state index in [0.29, 0.717) is 13.2 Å². The molecular weight excluding hydrogens is 338 g/mol. The van der Waals surface area contributed by atoms with Crippen molar-refractivity contribution in [3.63, 3.8) is 0 Å². The van der Waals surface area contributed by atoms with Crippen molar-refractivity contribution >= 4 is 11.6 Å². The van der Waals surface area contributed by atoms with Gasteiger partial charge in [-0.3, -0.25) is 4.90 Å².